The molecule has 5 aromatic carbocycles. The zero-order valence-corrected chi connectivity index (χ0v) is 39.6. The molecule has 0 spiro atoms. The van der Waals surface area contributed by atoms with Crippen LogP contribution < -0.4 is 20.3 Å². The Morgan fingerprint density at radius 3 is 2.25 bits per heavy atom. The highest BCUT2D eigenvalue weighted by atomic mass is 35.5. The third kappa shape index (κ3) is 14.4. The normalized spacial score (nSPS) is 13.9. The van der Waals surface area contributed by atoms with Gasteiger partial charge in [-0.2, -0.15) is 0 Å². The van der Waals surface area contributed by atoms with Crippen molar-refractivity contribution in [1.82, 2.24) is 19.8 Å². The van der Waals surface area contributed by atoms with Gasteiger partial charge in [-0.15, -0.1) is 11.8 Å². The minimum atomic E-state index is -4.47. The van der Waals surface area contributed by atoms with Crippen molar-refractivity contribution in [3.05, 3.63) is 147 Å². The number of piperazine rings is 1. The number of amides is 2. The Morgan fingerprint density at radius 2 is 1.60 bits per heavy atom. The van der Waals surface area contributed by atoms with E-state index in [1.807, 2.05) is 100 Å². The predicted octanol–water partition coefficient (Wildman–Crippen LogP) is 8.91. The number of hydrogen-bond acceptors (Lipinski definition) is 12. The molecule has 1 heterocycles. The zero-order chi connectivity index (χ0) is 46.7. The van der Waals surface area contributed by atoms with Gasteiger partial charge in [0.2, 0.25) is 0 Å². The molecule has 2 amide bonds. The van der Waals surface area contributed by atoms with Crippen molar-refractivity contribution in [2.75, 3.05) is 62.8 Å². The Kier molecular flexibility index (Phi) is 16.5. The minimum Gasteiger partial charge on any atom is -0.444 e. The van der Waals surface area contributed by atoms with Crippen LogP contribution in [0.25, 0.3) is 11.1 Å². The molecule has 3 N–H and O–H groups in total. The molecule has 14 nitrogen and oxygen atoms in total. The van der Waals surface area contributed by atoms with E-state index in [1.165, 1.54) is 12.1 Å². The van der Waals surface area contributed by atoms with Crippen molar-refractivity contribution in [1.29, 1.82) is 0 Å². The van der Waals surface area contributed by atoms with Gasteiger partial charge in [-0.05, 0) is 131 Å². The summed E-state index contributed by atoms with van der Waals surface area (Å²) in [5.41, 5.74) is 4.34. The van der Waals surface area contributed by atoms with E-state index < -0.39 is 43.1 Å². The van der Waals surface area contributed by atoms with Crippen LogP contribution in [-0.2, 0) is 27.8 Å². The second-order valence-electron chi connectivity index (χ2n) is 17.1. The van der Waals surface area contributed by atoms with Crippen LogP contribution in [0.3, 0.4) is 0 Å². The maximum Gasteiger partial charge on any atom is 0.407 e. The number of alkyl carbamates (subject to hydrolysis) is 1. The van der Waals surface area contributed by atoms with Crippen LogP contribution in [0.1, 0.15) is 48.7 Å². The molecule has 1 fully saturated rings. The first-order chi connectivity index (χ1) is 30.9. The van der Waals surface area contributed by atoms with Crippen LogP contribution in [-0.4, -0.2) is 99.4 Å². The van der Waals surface area contributed by atoms with Crippen molar-refractivity contribution in [2.24, 2.45) is 0 Å². The number of ether oxygens (including phenoxy) is 1. The summed E-state index contributed by atoms with van der Waals surface area (Å²) in [6, 6.07) is 33.9. The van der Waals surface area contributed by atoms with Gasteiger partial charge >= 0.3 is 6.09 Å². The number of benzene rings is 5. The number of nitro groups is 1. The lowest BCUT2D eigenvalue weighted by atomic mass is 9.96. The van der Waals surface area contributed by atoms with Crippen molar-refractivity contribution in [2.45, 2.75) is 61.7 Å². The standard InChI is InChI=1S/C48H56ClN7O7S2/c1-48(2,3)63-47(58)50-31-34-11-21-43(35-12-16-38(49)17-13-35)37(29-34)32-54-25-27-55(28-26-54)40-18-14-36(15-19-40)46(57)52-65(61,62)42-20-22-44(45(30-42)56(59)60)51-39(23-24-53(4)5)33-64-41-9-7-6-8-10-41/h6-22,29-30,39,51H,23-28,31-33H2,1-5H3,(H,50,58)(H,52,57)/t39-/m1/s1. The molecule has 1 atom stereocenters. The van der Waals surface area contributed by atoms with Gasteiger partial charge in [0.25, 0.3) is 21.6 Å². The first-order valence-corrected chi connectivity index (χ1v) is 24.1. The Hall–Kier alpha value is -5.65. The van der Waals surface area contributed by atoms with E-state index in [-0.39, 0.29) is 17.3 Å². The van der Waals surface area contributed by atoms with Gasteiger partial charge in [-0.3, -0.25) is 19.8 Å². The summed E-state index contributed by atoms with van der Waals surface area (Å²) < 4.78 is 34.4. The van der Waals surface area contributed by atoms with Crippen molar-refractivity contribution < 1.29 is 27.7 Å². The number of nitrogens with zero attached hydrogens (tertiary/aromatic N) is 4. The maximum absolute atomic E-state index is 13.5. The number of nitrogens with one attached hydrogen (secondary N) is 3. The molecule has 0 radical (unpaired) electrons. The Labute approximate surface area is 390 Å². The predicted molar refractivity (Wildman–Crippen MR) is 259 cm³/mol. The largest absolute Gasteiger partial charge is 0.444 e. The van der Waals surface area contributed by atoms with Crippen LogP contribution in [0.4, 0.5) is 21.9 Å². The lowest BCUT2D eigenvalue weighted by Gasteiger charge is -2.36. The van der Waals surface area contributed by atoms with Gasteiger partial charge < -0.3 is 25.2 Å². The summed E-state index contributed by atoms with van der Waals surface area (Å²) in [5, 5.41) is 19.0. The fourth-order valence-corrected chi connectivity index (χ4v) is 9.37. The number of sulfonamides is 1. The monoisotopic (exact) mass is 941 g/mol. The number of hydrogen-bond donors (Lipinski definition) is 3. The number of thioether (sulfide) groups is 1. The Morgan fingerprint density at radius 1 is 0.908 bits per heavy atom. The molecule has 5 aromatic rings. The van der Waals surface area contributed by atoms with E-state index in [4.69, 9.17) is 16.3 Å². The van der Waals surface area contributed by atoms with Crippen LogP contribution >= 0.6 is 23.4 Å². The zero-order valence-electron chi connectivity index (χ0n) is 37.3. The van der Waals surface area contributed by atoms with Crippen molar-refractivity contribution in [3.8, 4) is 11.1 Å². The highest BCUT2D eigenvalue weighted by Crippen LogP contribution is 2.31. The van der Waals surface area contributed by atoms with E-state index in [2.05, 4.69) is 37.3 Å². The maximum atomic E-state index is 13.5. The van der Waals surface area contributed by atoms with Gasteiger partial charge in [0.1, 0.15) is 11.3 Å². The van der Waals surface area contributed by atoms with E-state index in [9.17, 15) is 28.1 Å². The minimum absolute atomic E-state index is 0.124. The number of halogens is 1. The summed E-state index contributed by atoms with van der Waals surface area (Å²) in [4.78, 5) is 44.5. The van der Waals surface area contributed by atoms with E-state index in [1.54, 1.807) is 36.0 Å². The molecule has 0 bridgehead atoms. The van der Waals surface area contributed by atoms with Crippen LogP contribution in [0, 0.1) is 10.1 Å². The molecule has 1 aliphatic heterocycles. The smallest absolute Gasteiger partial charge is 0.407 e. The number of rotatable bonds is 18. The van der Waals surface area contributed by atoms with E-state index in [0.29, 0.717) is 43.4 Å². The highest BCUT2D eigenvalue weighted by Gasteiger charge is 2.26. The van der Waals surface area contributed by atoms with Crippen molar-refractivity contribution >= 4 is 62.4 Å². The van der Waals surface area contributed by atoms with Crippen LogP contribution in [0.5, 0.6) is 0 Å². The number of anilines is 2. The van der Waals surface area contributed by atoms with Gasteiger partial charge in [0.05, 0.1) is 9.82 Å². The SMILES string of the molecule is CN(C)CC[C@H](CSc1ccccc1)Nc1ccc(S(=O)(=O)NC(=O)c2ccc(N3CCN(Cc4cc(CNC(=O)OC(C)(C)C)ccc4-c4ccc(Cl)cc4)CC3)cc2)cc1[N+](=O)[O-]. The fraction of sp³-hybridized carbons (Fsp3) is 0.333. The average Bonchev–Trinajstić information content (AvgIpc) is 3.27. The van der Waals surface area contributed by atoms with E-state index in [0.717, 1.165) is 58.5 Å². The Bertz CT molecular complexity index is 2530. The molecular formula is C48H56ClN7O7S2. The molecule has 0 aromatic heterocycles. The Balaban J connectivity index is 1.07. The molecule has 0 unspecified atom stereocenters. The molecule has 65 heavy (non-hydrogen) atoms. The van der Waals surface area contributed by atoms with Crippen LogP contribution in [0.15, 0.2) is 125 Å². The quantitative estimate of drug-likeness (QED) is 0.0435. The molecule has 0 saturated carbocycles. The lowest BCUT2D eigenvalue weighted by Crippen LogP contribution is -2.46. The summed E-state index contributed by atoms with van der Waals surface area (Å²) >= 11 is 7.83. The topological polar surface area (TPSA) is 166 Å². The molecule has 17 heteroatoms. The van der Waals surface area contributed by atoms with Gasteiger partial charge in [-0.1, -0.05) is 60.1 Å². The molecule has 344 valence electrons. The lowest BCUT2D eigenvalue weighted by molar-refractivity contribution is -0.384. The summed E-state index contributed by atoms with van der Waals surface area (Å²) in [6.45, 7) is 10.1. The van der Waals surface area contributed by atoms with Crippen LogP contribution in [0.2, 0.25) is 5.02 Å². The highest BCUT2D eigenvalue weighted by molar-refractivity contribution is 7.99. The average molecular weight is 943 g/mol. The molecule has 1 aliphatic rings. The van der Waals surface area contributed by atoms with Gasteiger partial charge in [-0.25, -0.2) is 17.9 Å². The number of carbonyl (C=O) groups is 2. The first kappa shape index (κ1) is 48.8. The molecular weight excluding hydrogens is 886 g/mol. The summed E-state index contributed by atoms with van der Waals surface area (Å²) in [5.74, 6) is -0.228. The summed E-state index contributed by atoms with van der Waals surface area (Å²) in [7, 11) is -0.562. The van der Waals surface area contributed by atoms with E-state index >= 15 is 0 Å². The molecule has 1 saturated heterocycles. The number of carbonyl (C=O) groups excluding carboxylic acids is 2. The van der Waals surface area contributed by atoms with Crippen molar-refractivity contribution in [3.63, 3.8) is 0 Å². The second-order valence-corrected chi connectivity index (χ2v) is 20.3. The summed E-state index contributed by atoms with van der Waals surface area (Å²) in [6.07, 6.45) is 0.211. The fourth-order valence-electron chi connectivity index (χ4n) is 7.25. The first-order valence-electron chi connectivity index (χ1n) is 21.3. The van der Waals surface area contributed by atoms with Gasteiger partial charge in [0.15, 0.2) is 0 Å². The van der Waals surface area contributed by atoms with Gasteiger partial charge in [0, 0.05) is 78.3 Å². The molecule has 6 rings (SSSR count). The third-order valence-corrected chi connectivity index (χ3v) is 13.4. The molecule has 0 aliphatic carbocycles. The second kappa shape index (κ2) is 22.0. The number of nitro benzene ring substituents is 1. The third-order valence-electron chi connectivity index (χ3n) is 10.6.